The Balaban J connectivity index is 1.63. The van der Waals surface area contributed by atoms with Crippen molar-refractivity contribution in [1.82, 2.24) is 0 Å². The molecule has 0 radical (unpaired) electrons. The summed E-state index contributed by atoms with van der Waals surface area (Å²) in [6, 6.07) is 6.59. The molecule has 0 heterocycles. The van der Waals surface area contributed by atoms with E-state index in [1.807, 2.05) is 6.92 Å². The minimum absolute atomic E-state index is 0.196. The third-order valence-corrected chi connectivity index (χ3v) is 5.92. The number of alkyl halides is 5. The highest BCUT2D eigenvalue weighted by Crippen LogP contribution is 2.40. The summed E-state index contributed by atoms with van der Waals surface area (Å²) in [5.41, 5.74) is -3.64. The van der Waals surface area contributed by atoms with Crippen LogP contribution in [0.4, 0.5) is 48.3 Å². The van der Waals surface area contributed by atoms with E-state index in [1.165, 1.54) is 12.1 Å². The highest BCUT2D eigenvalue weighted by molar-refractivity contribution is 5.67. The number of halogens is 11. The zero-order valence-corrected chi connectivity index (χ0v) is 21.2. The number of hydrogen-bond acceptors (Lipinski definition) is 2. The Morgan fingerprint density at radius 3 is 1.71 bits per heavy atom. The van der Waals surface area contributed by atoms with Crippen molar-refractivity contribution in [2.75, 3.05) is 0 Å². The van der Waals surface area contributed by atoms with Crippen molar-refractivity contribution in [3.63, 3.8) is 0 Å². The van der Waals surface area contributed by atoms with Gasteiger partial charge in [0, 0.05) is 17.7 Å². The minimum atomic E-state index is -5.25. The first-order valence-electron chi connectivity index (χ1n) is 12.0. The quantitative estimate of drug-likeness (QED) is 0.186. The van der Waals surface area contributed by atoms with E-state index in [0.29, 0.717) is 48.7 Å². The van der Waals surface area contributed by atoms with Crippen LogP contribution in [0.3, 0.4) is 0 Å². The summed E-state index contributed by atoms with van der Waals surface area (Å²) in [5, 5.41) is 0. The molecule has 222 valence electrons. The summed E-state index contributed by atoms with van der Waals surface area (Å²) in [7, 11) is 0. The smallest absolute Gasteiger partial charge is 0.429 e. The molecule has 0 aliphatic carbocycles. The van der Waals surface area contributed by atoms with Crippen molar-refractivity contribution >= 4 is 0 Å². The summed E-state index contributed by atoms with van der Waals surface area (Å²) >= 11 is 0. The van der Waals surface area contributed by atoms with Crippen LogP contribution in [-0.4, -0.2) is 6.36 Å². The zero-order valence-electron chi connectivity index (χ0n) is 21.2. The van der Waals surface area contributed by atoms with Crippen LogP contribution in [0.15, 0.2) is 60.7 Å². The monoisotopic (exact) mass is 606 g/mol. The number of rotatable bonds is 8. The van der Waals surface area contributed by atoms with Crippen LogP contribution < -0.4 is 9.47 Å². The van der Waals surface area contributed by atoms with Gasteiger partial charge >= 0.3 is 12.5 Å². The van der Waals surface area contributed by atoms with Crippen LogP contribution >= 0.6 is 0 Å². The molecule has 0 amide bonds. The van der Waals surface area contributed by atoms with Gasteiger partial charge in [-0.25, -0.2) is 26.3 Å². The molecule has 4 aromatic carbocycles. The summed E-state index contributed by atoms with van der Waals surface area (Å²) < 4.78 is 162. The van der Waals surface area contributed by atoms with E-state index >= 15 is 0 Å². The van der Waals surface area contributed by atoms with Crippen LogP contribution in [0.5, 0.6) is 11.5 Å². The van der Waals surface area contributed by atoms with Gasteiger partial charge in [0.15, 0.2) is 11.6 Å². The van der Waals surface area contributed by atoms with Crippen LogP contribution in [0.25, 0.3) is 22.3 Å². The Hall–Kier alpha value is -4.29. The predicted octanol–water partition coefficient (Wildman–Crippen LogP) is 9.83. The fraction of sp³-hybridized carbons (Fsp3) is 0.172. The molecule has 0 saturated heterocycles. The highest BCUT2D eigenvalue weighted by atomic mass is 19.4. The third kappa shape index (κ3) is 6.60. The van der Waals surface area contributed by atoms with Crippen molar-refractivity contribution in [3.05, 3.63) is 107 Å². The summed E-state index contributed by atoms with van der Waals surface area (Å²) in [4.78, 5) is 0. The molecular weight excluding hydrogens is 589 g/mol. The fourth-order valence-corrected chi connectivity index (χ4v) is 4.19. The molecule has 0 aromatic heterocycles. The predicted molar refractivity (Wildman–Crippen MR) is 129 cm³/mol. The van der Waals surface area contributed by atoms with Crippen LogP contribution in [-0.2, 0) is 12.5 Å². The molecule has 4 aromatic rings. The van der Waals surface area contributed by atoms with Gasteiger partial charge in [-0.15, -0.1) is 13.2 Å². The second-order valence-corrected chi connectivity index (χ2v) is 8.95. The van der Waals surface area contributed by atoms with Gasteiger partial charge in [-0.2, -0.15) is 8.78 Å². The first-order valence-corrected chi connectivity index (χ1v) is 12.0. The lowest BCUT2D eigenvalue weighted by atomic mass is 9.99. The number of hydrogen-bond donors (Lipinski definition) is 0. The molecule has 0 atom stereocenters. The molecule has 0 bridgehead atoms. The molecule has 0 unspecified atom stereocenters. The van der Waals surface area contributed by atoms with Crippen molar-refractivity contribution in [1.29, 1.82) is 0 Å². The molecular formula is C29H17F11O2. The van der Waals surface area contributed by atoms with Crippen molar-refractivity contribution in [3.8, 4) is 33.8 Å². The van der Waals surface area contributed by atoms with Gasteiger partial charge in [0.25, 0.3) is 0 Å². The van der Waals surface area contributed by atoms with Gasteiger partial charge < -0.3 is 9.47 Å². The SMILES string of the molecule is CCCc1ccc(-c2cc(F)c(C(F)(F)Oc3cc(F)c(-c4ccc(OC(F)(F)F)c(F)c4)c(F)c3)c(F)c2)c(F)c1. The fourth-order valence-electron chi connectivity index (χ4n) is 4.19. The Morgan fingerprint density at radius 1 is 0.595 bits per heavy atom. The van der Waals surface area contributed by atoms with Gasteiger partial charge in [0.1, 0.15) is 40.4 Å². The lowest BCUT2D eigenvalue weighted by Gasteiger charge is -2.20. The van der Waals surface area contributed by atoms with Crippen molar-refractivity contribution in [2.45, 2.75) is 32.2 Å². The van der Waals surface area contributed by atoms with E-state index in [2.05, 4.69) is 9.47 Å². The Labute approximate surface area is 230 Å². The molecule has 0 aliphatic heterocycles. The van der Waals surface area contributed by atoms with E-state index in [-0.39, 0.29) is 17.7 Å². The average molecular weight is 606 g/mol. The molecule has 0 fully saturated rings. The van der Waals surface area contributed by atoms with E-state index in [1.54, 1.807) is 0 Å². The van der Waals surface area contributed by atoms with Gasteiger partial charge in [-0.05, 0) is 53.4 Å². The molecule has 0 N–H and O–H groups in total. The first-order chi connectivity index (χ1) is 19.6. The number of benzene rings is 4. The summed E-state index contributed by atoms with van der Waals surface area (Å²) in [5.74, 6) is -12.0. The largest absolute Gasteiger partial charge is 0.573 e. The maximum atomic E-state index is 14.9. The Bertz CT molecular complexity index is 1580. The first kappa shape index (κ1) is 30.7. The molecule has 4 rings (SSSR count). The van der Waals surface area contributed by atoms with E-state index in [9.17, 15) is 48.3 Å². The second-order valence-electron chi connectivity index (χ2n) is 8.95. The molecule has 0 aliphatic rings. The van der Waals surface area contributed by atoms with E-state index in [4.69, 9.17) is 0 Å². The van der Waals surface area contributed by atoms with Gasteiger partial charge in [0.2, 0.25) is 0 Å². The van der Waals surface area contributed by atoms with E-state index < -0.39 is 81.1 Å². The summed E-state index contributed by atoms with van der Waals surface area (Å²) in [6.45, 7) is 1.86. The normalized spacial score (nSPS) is 12.0. The lowest BCUT2D eigenvalue weighted by molar-refractivity contribution is -0.275. The maximum absolute atomic E-state index is 14.9. The van der Waals surface area contributed by atoms with Crippen molar-refractivity contribution < 1.29 is 57.8 Å². The van der Waals surface area contributed by atoms with Crippen LogP contribution in [0.2, 0.25) is 0 Å². The van der Waals surface area contributed by atoms with Crippen LogP contribution in [0, 0.1) is 34.9 Å². The highest BCUT2D eigenvalue weighted by Gasteiger charge is 2.42. The molecule has 13 heteroatoms. The standard InChI is InChI=1S/C29H17F11O2/c1-2-3-14-4-6-18(19(30)8-14)16-10-23(34)27(24(35)11-16)28(36,37)41-17-12-21(32)26(22(33)13-17)15-5-7-25(20(31)9-15)42-29(38,39)40/h4-13H,2-3H2,1H3. The van der Waals surface area contributed by atoms with E-state index in [0.717, 1.165) is 6.07 Å². The summed E-state index contributed by atoms with van der Waals surface area (Å²) in [6.07, 6.45) is -8.85. The Kier molecular flexibility index (Phi) is 8.42. The molecule has 2 nitrogen and oxygen atoms in total. The maximum Gasteiger partial charge on any atom is 0.573 e. The molecule has 42 heavy (non-hydrogen) atoms. The van der Waals surface area contributed by atoms with Gasteiger partial charge in [-0.1, -0.05) is 31.5 Å². The minimum Gasteiger partial charge on any atom is -0.429 e. The van der Waals surface area contributed by atoms with Crippen molar-refractivity contribution in [2.24, 2.45) is 0 Å². The zero-order chi connectivity index (χ0) is 31.0. The van der Waals surface area contributed by atoms with Gasteiger partial charge in [0.05, 0.1) is 5.56 Å². The topological polar surface area (TPSA) is 18.5 Å². The number of ether oxygens (including phenoxy) is 2. The van der Waals surface area contributed by atoms with Crippen LogP contribution in [0.1, 0.15) is 24.5 Å². The average Bonchev–Trinajstić information content (AvgIpc) is 2.84. The Morgan fingerprint density at radius 2 is 1.19 bits per heavy atom. The van der Waals surface area contributed by atoms with Gasteiger partial charge in [-0.3, -0.25) is 0 Å². The number of aryl methyl sites for hydroxylation is 1. The third-order valence-electron chi connectivity index (χ3n) is 5.92. The lowest BCUT2D eigenvalue weighted by Crippen LogP contribution is -2.25. The molecule has 0 spiro atoms. The molecule has 0 saturated carbocycles. The second kappa shape index (κ2) is 11.5.